The zero-order chi connectivity index (χ0) is 13.9. The van der Waals surface area contributed by atoms with Gasteiger partial charge in [-0.15, -0.1) is 11.3 Å². The van der Waals surface area contributed by atoms with Crippen molar-refractivity contribution in [1.29, 1.82) is 0 Å². The Balaban J connectivity index is 1.70. The van der Waals surface area contributed by atoms with E-state index in [2.05, 4.69) is 51.7 Å². The van der Waals surface area contributed by atoms with Gasteiger partial charge in [0, 0.05) is 17.5 Å². The van der Waals surface area contributed by atoms with Crippen LogP contribution in [0.15, 0.2) is 34.1 Å². The van der Waals surface area contributed by atoms with Crippen molar-refractivity contribution in [3.05, 3.63) is 44.6 Å². The van der Waals surface area contributed by atoms with E-state index in [1.165, 1.54) is 10.4 Å². The SMILES string of the molecule is C[C@H](NCc1cc(Br)c2c(c1)OCCO2)c1cccs1. The lowest BCUT2D eigenvalue weighted by molar-refractivity contribution is 0.170. The van der Waals surface area contributed by atoms with Crippen LogP contribution in [0, 0.1) is 0 Å². The molecule has 1 aliphatic rings. The fourth-order valence-corrected chi connectivity index (χ4v) is 3.54. The standard InChI is InChI=1S/C15H16BrNO2S/c1-10(14-3-2-6-20-14)17-9-11-7-12(16)15-13(8-11)18-4-5-19-15/h2-3,6-8,10,17H,4-5,9H2,1H3/t10-/m0/s1. The largest absolute Gasteiger partial charge is 0.486 e. The summed E-state index contributed by atoms with van der Waals surface area (Å²) in [4.78, 5) is 1.35. The van der Waals surface area contributed by atoms with Gasteiger partial charge in [-0.2, -0.15) is 0 Å². The molecular formula is C15H16BrNO2S. The maximum absolute atomic E-state index is 5.64. The van der Waals surface area contributed by atoms with E-state index in [4.69, 9.17) is 9.47 Å². The first-order valence-corrected chi connectivity index (χ1v) is 8.26. The van der Waals surface area contributed by atoms with E-state index < -0.39 is 0 Å². The van der Waals surface area contributed by atoms with Crippen LogP contribution in [0.5, 0.6) is 11.5 Å². The van der Waals surface area contributed by atoms with Crippen LogP contribution in [0.4, 0.5) is 0 Å². The second-order valence-electron chi connectivity index (χ2n) is 4.72. The molecular weight excluding hydrogens is 338 g/mol. The summed E-state index contributed by atoms with van der Waals surface area (Å²) >= 11 is 5.32. The van der Waals surface area contributed by atoms with Crippen molar-refractivity contribution in [2.45, 2.75) is 19.5 Å². The Kier molecular flexibility index (Phi) is 4.29. The highest BCUT2D eigenvalue weighted by Gasteiger charge is 2.16. The minimum absolute atomic E-state index is 0.349. The molecule has 106 valence electrons. The molecule has 20 heavy (non-hydrogen) atoms. The van der Waals surface area contributed by atoms with Gasteiger partial charge in [-0.1, -0.05) is 6.07 Å². The lowest BCUT2D eigenvalue weighted by atomic mass is 10.1. The smallest absolute Gasteiger partial charge is 0.175 e. The number of rotatable bonds is 4. The van der Waals surface area contributed by atoms with Crippen LogP contribution >= 0.6 is 27.3 Å². The predicted molar refractivity (Wildman–Crippen MR) is 84.7 cm³/mol. The molecule has 0 saturated carbocycles. The summed E-state index contributed by atoms with van der Waals surface area (Å²) in [5.41, 5.74) is 1.18. The van der Waals surface area contributed by atoms with Crippen LogP contribution in [0.25, 0.3) is 0 Å². The van der Waals surface area contributed by atoms with Gasteiger partial charge in [-0.05, 0) is 52.0 Å². The van der Waals surface area contributed by atoms with Gasteiger partial charge in [0.2, 0.25) is 0 Å². The Bertz CT molecular complexity index is 586. The summed E-state index contributed by atoms with van der Waals surface area (Å²) in [6.45, 7) is 4.20. The molecule has 3 rings (SSSR count). The summed E-state index contributed by atoms with van der Waals surface area (Å²) in [5, 5.41) is 5.63. The summed E-state index contributed by atoms with van der Waals surface area (Å²) in [6, 6.07) is 8.72. The number of benzene rings is 1. The Morgan fingerprint density at radius 3 is 3.00 bits per heavy atom. The van der Waals surface area contributed by atoms with E-state index in [-0.39, 0.29) is 0 Å². The van der Waals surface area contributed by atoms with Crippen molar-refractivity contribution in [1.82, 2.24) is 5.32 Å². The molecule has 1 aromatic carbocycles. The summed E-state index contributed by atoms with van der Waals surface area (Å²) in [6.07, 6.45) is 0. The van der Waals surface area contributed by atoms with E-state index in [1.807, 2.05) is 6.07 Å². The molecule has 2 heterocycles. The Labute approximate surface area is 131 Å². The van der Waals surface area contributed by atoms with Crippen molar-refractivity contribution >= 4 is 27.3 Å². The average molecular weight is 354 g/mol. The molecule has 0 unspecified atom stereocenters. The van der Waals surface area contributed by atoms with Crippen LogP contribution in [0.3, 0.4) is 0 Å². The lowest BCUT2D eigenvalue weighted by Gasteiger charge is -2.21. The monoisotopic (exact) mass is 353 g/mol. The number of fused-ring (bicyclic) bond motifs is 1. The molecule has 0 aliphatic carbocycles. The van der Waals surface area contributed by atoms with Gasteiger partial charge in [-0.25, -0.2) is 0 Å². The van der Waals surface area contributed by atoms with Gasteiger partial charge < -0.3 is 14.8 Å². The van der Waals surface area contributed by atoms with Crippen LogP contribution in [-0.2, 0) is 6.54 Å². The molecule has 1 N–H and O–H groups in total. The van der Waals surface area contributed by atoms with E-state index in [0.717, 1.165) is 22.5 Å². The zero-order valence-corrected chi connectivity index (χ0v) is 13.6. The third-order valence-corrected chi connectivity index (χ3v) is 4.88. The number of halogens is 1. The third-order valence-electron chi connectivity index (χ3n) is 3.24. The average Bonchev–Trinajstić information content (AvgIpc) is 2.99. The molecule has 0 spiro atoms. The van der Waals surface area contributed by atoms with Gasteiger partial charge >= 0.3 is 0 Å². The van der Waals surface area contributed by atoms with Crippen LogP contribution in [0.1, 0.15) is 23.4 Å². The molecule has 1 aromatic heterocycles. The quantitative estimate of drug-likeness (QED) is 0.896. The molecule has 2 aromatic rings. The van der Waals surface area contributed by atoms with E-state index in [0.29, 0.717) is 19.3 Å². The highest BCUT2D eigenvalue weighted by molar-refractivity contribution is 9.10. The van der Waals surface area contributed by atoms with Crippen LogP contribution < -0.4 is 14.8 Å². The highest BCUT2D eigenvalue weighted by atomic mass is 79.9. The predicted octanol–water partition coefficient (Wildman–Crippen LogP) is 4.13. The van der Waals surface area contributed by atoms with Crippen molar-refractivity contribution in [2.24, 2.45) is 0 Å². The first-order chi connectivity index (χ1) is 9.74. The topological polar surface area (TPSA) is 30.5 Å². The van der Waals surface area contributed by atoms with Gasteiger partial charge in [0.15, 0.2) is 11.5 Å². The van der Waals surface area contributed by atoms with Gasteiger partial charge in [0.25, 0.3) is 0 Å². The lowest BCUT2D eigenvalue weighted by Crippen LogP contribution is -2.19. The second kappa shape index (κ2) is 6.16. The van der Waals surface area contributed by atoms with Gasteiger partial charge in [0.05, 0.1) is 4.47 Å². The minimum atomic E-state index is 0.349. The maximum atomic E-state index is 5.64. The summed E-state index contributed by atoms with van der Waals surface area (Å²) < 4.78 is 12.2. The maximum Gasteiger partial charge on any atom is 0.175 e. The minimum Gasteiger partial charge on any atom is -0.486 e. The van der Waals surface area contributed by atoms with Gasteiger partial charge in [0.1, 0.15) is 13.2 Å². The van der Waals surface area contributed by atoms with E-state index >= 15 is 0 Å². The van der Waals surface area contributed by atoms with E-state index in [9.17, 15) is 0 Å². The molecule has 0 fully saturated rings. The van der Waals surface area contributed by atoms with Crippen molar-refractivity contribution in [3.8, 4) is 11.5 Å². The first-order valence-electron chi connectivity index (χ1n) is 6.59. The van der Waals surface area contributed by atoms with Crippen molar-refractivity contribution in [2.75, 3.05) is 13.2 Å². The van der Waals surface area contributed by atoms with Crippen LogP contribution in [0.2, 0.25) is 0 Å². The molecule has 1 aliphatic heterocycles. The number of nitrogens with one attached hydrogen (secondary N) is 1. The number of hydrogen-bond acceptors (Lipinski definition) is 4. The molecule has 0 saturated heterocycles. The summed E-state index contributed by atoms with van der Waals surface area (Å²) in [5.74, 6) is 1.64. The van der Waals surface area contributed by atoms with Crippen LogP contribution in [-0.4, -0.2) is 13.2 Å². The van der Waals surface area contributed by atoms with Crippen molar-refractivity contribution in [3.63, 3.8) is 0 Å². The molecule has 0 amide bonds. The zero-order valence-electron chi connectivity index (χ0n) is 11.2. The Hall–Kier alpha value is -1.04. The second-order valence-corrected chi connectivity index (χ2v) is 6.55. The third kappa shape index (κ3) is 3.00. The van der Waals surface area contributed by atoms with Gasteiger partial charge in [-0.3, -0.25) is 0 Å². The molecule has 0 bridgehead atoms. The normalized spacial score (nSPS) is 15.1. The van der Waals surface area contributed by atoms with Crippen molar-refractivity contribution < 1.29 is 9.47 Å². The highest BCUT2D eigenvalue weighted by Crippen LogP contribution is 2.38. The summed E-state index contributed by atoms with van der Waals surface area (Å²) in [7, 11) is 0. The van der Waals surface area contributed by atoms with E-state index in [1.54, 1.807) is 11.3 Å². The fourth-order valence-electron chi connectivity index (χ4n) is 2.18. The molecule has 3 nitrogen and oxygen atoms in total. The fraction of sp³-hybridized carbons (Fsp3) is 0.333. The first kappa shape index (κ1) is 13.9. The molecule has 1 atom stereocenters. The number of ether oxygens (including phenoxy) is 2. The molecule has 0 radical (unpaired) electrons. The Morgan fingerprint density at radius 1 is 1.35 bits per heavy atom. The number of thiophene rings is 1. The number of hydrogen-bond donors (Lipinski definition) is 1. The Morgan fingerprint density at radius 2 is 2.20 bits per heavy atom. The molecule has 5 heteroatoms.